The van der Waals surface area contributed by atoms with Crippen molar-refractivity contribution >= 4 is 39.5 Å². The Hall–Kier alpha value is -1.94. The Labute approximate surface area is 607 Å². The van der Waals surface area contributed by atoms with Gasteiger partial charge in [-0.15, -0.1) is 0 Å². The van der Waals surface area contributed by atoms with Gasteiger partial charge in [-0.1, -0.05) is 375 Å². The van der Waals surface area contributed by atoms with Crippen LogP contribution in [-0.2, 0) is 65.4 Å². The third-order valence-corrected chi connectivity index (χ3v) is 20.7. The minimum Gasteiger partial charge on any atom is -0.462 e. The first-order chi connectivity index (χ1) is 48.0. The Morgan fingerprint density at radius 1 is 0.273 bits per heavy atom. The first kappa shape index (κ1) is 97.1. The van der Waals surface area contributed by atoms with Gasteiger partial charge in [0.25, 0.3) is 0 Å². The van der Waals surface area contributed by atoms with Gasteiger partial charge < -0.3 is 33.8 Å². The predicted octanol–water partition coefficient (Wildman–Crippen LogP) is 24.0. The van der Waals surface area contributed by atoms with Crippen molar-refractivity contribution in [2.24, 2.45) is 5.92 Å². The lowest BCUT2D eigenvalue weighted by Gasteiger charge is -2.21. The van der Waals surface area contributed by atoms with E-state index < -0.39 is 97.5 Å². The summed E-state index contributed by atoms with van der Waals surface area (Å²) in [5, 5.41) is 10.6. The number of hydrogen-bond donors (Lipinski definition) is 3. The zero-order valence-electron chi connectivity index (χ0n) is 64.6. The fraction of sp³-hybridized carbons (Fsp3) is 0.950. The molecular formula is C80H156O17P2. The molecule has 0 heterocycles. The van der Waals surface area contributed by atoms with E-state index in [2.05, 4.69) is 34.6 Å². The quantitative estimate of drug-likeness (QED) is 0.0222. The number of esters is 4. The van der Waals surface area contributed by atoms with Crippen molar-refractivity contribution < 1.29 is 80.2 Å². The number of rotatable bonds is 80. The third kappa shape index (κ3) is 74.1. The van der Waals surface area contributed by atoms with Crippen LogP contribution in [0.3, 0.4) is 0 Å². The van der Waals surface area contributed by atoms with Crippen LogP contribution in [0.4, 0.5) is 0 Å². The largest absolute Gasteiger partial charge is 0.472 e. The normalized spacial score (nSPS) is 13.9. The van der Waals surface area contributed by atoms with Gasteiger partial charge in [-0.2, -0.15) is 0 Å². The van der Waals surface area contributed by atoms with E-state index in [9.17, 15) is 43.2 Å². The van der Waals surface area contributed by atoms with Crippen molar-refractivity contribution in [3.8, 4) is 0 Å². The van der Waals surface area contributed by atoms with E-state index in [0.717, 1.165) is 95.8 Å². The second kappa shape index (κ2) is 73.0. The summed E-state index contributed by atoms with van der Waals surface area (Å²) in [5.74, 6) is -1.37. The summed E-state index contributed by atoms with van der Waals surface area (Å²) in [4.78, 5) is 72.9. The van der Waals surface area contributed by atoms with E-state index in [4.69, 9.17) is 37.0 Å². The molecule has 0 radical (unpaired) electrons. The molecule has 0 aliphatic carbocycles. The van der Waals surface area contributed by atoms with E-state index in [-0.39, 0.29) is 25.7 Å². The second-order valence-electron chi connectivity index (χ2n) is 29.3. The average molecular weight is 1450 g/mol. The average Bonchev–Trinajstić information content (AvgIpc) is 1.03. The van der Waals surface area contributed by atoms with E-state index in [1.807, 2.05) is 0 Å². The van der Waals surface area contributed by atoms with Crippen LogP contribution in [0.1, 0.15) is 426 Å². The van der Waals surface area contributed by atoms with E-state index in [1.165, 1.54) is 250 Å². The molecule has 2 unspecified atom stereocenters. The van der Waals surface area contributed by atoms with Crippen LogP contribution in [0.2, 0.25) is 0 Å². The SMILES string of the molecule is CCCCCCCCCCCCCCCCCCCCCC(=O)OC[C@H](COP(=O)(O)OC[C@@H](O)COP(=O)(O)OC[C@@H](COC(=O)CCCCCCCCCCC)OC(=O)CCCCCCCCCCCC(C)C)OC(=O)CCCCCCCCCCCCCCCCCCCCC. The minimum atomic E-state index is -4.96. The van der Waals surface area contributed by atoms with Crippen molar-refractivity contribution in [3.63, 3.8) is 0 Å². The zero-order chi connectivity index (χ0) is 72.7. The predicted molar refractivity (Wildman–Crippen MR) is 405 cm³/mol. The van der Waals surface area contributed by atoms with Crippen LogP contribution in [0.5, 0.6) is 0 Å². The lowest BCUT2D eigenvalue weighted by molar-refractivity contribution is -0.161. The molecule has 0 spiro atoms. The Morgan fingerprint density at radius 2 is 0.465 bits per heavy atom. The second-order valence-corrected chi connectivity index (χ2v) is 32.2. The Balaban J connectivity index is 5.20. The fourth-order valence-corrected chi connectivity index (χ4v) is 14.0. The lowest BCUT2D eigenvalue weighted by atomic mass is 10.0. The van der Waals surface area contributed by atoms with Gasteiger partial charge >= 0.3 is 39.5 Å². The Bertz CT molecular complexity index is 1890. The highest BCUT2D eigenvalue weighted by atomic mass is 31.2. The summed E-state index contributed by atoms with van der Waals surface area (Å²) in [7, 11) is -9.91. The molecular weight excluding hydrogens is 1290 g/mol. The molecule has 0 amide bonds. The van der Waals surface area contributed by atoms with Crippen molar-refractivity contribution in [3.05, 3.63) is 0 Å². The van der Waals surface area contributed by atoms with Crippen molar-refractivity contribution in [1.82, 2.24) is 0 Å². The molecule has 588 valence electrons. The van der Waals surface area contributed by atoms with Crippen molar-refractivity contribution in [1.29, 1.82) is 0 Å². The smallest absolute Gasteiger partial charge is 0.462 e. The molecule has 5 atom stereocenters. The maximum absolute atomic E-state index is 13.1. The summed E-state index contributed by atoms with van der Waals surface area (Å²) >= 11 is 0. The van der Waals surface area contributed by atoms with Crippen LogP contribution in [0, 0.1) is 5.92 Å². The molecule has 0 aromatic heterocycles. The third-order valence-electron chi connectivity index (χ3n) is 18.8. The van der Waals surface area contributed by atoms with Gasteiger partial charge in [-0.3, -0.25) is 37.3 Å². The minimum absolute atomic E-state index is 0.106. The molecule has 17 nitrogen and oxygen atoms in total. The van der Waals surface area contributed by atoms with Crippen molar-refractivity contribution in [2.75, 3.05) is 39.6 Å². The van der Waals surface area contributed by atoms with Gasteiger partial charge in [-0.05, 0) is 31.6 Å². The summed E-state index contributed by atoms with van der Waals surface area (Å²) in [5.41, 5.74) is 0. The molecule has 0 aliphatic heterocycles. The molecule has 0 aromatic carbocycles. The van der Waals surface area contributed by atoms with Gasteiger partial charge in [-0.25, -0.2) is 9.13 Å². The highest BCUT2D eigenvalue weighted by Gasteiger charge is 2.30. The summed E-state index contributed by atoms with van der Waals surface area (Å²) < 4.78 is 68.6. The highest BCUT2D eigenvalue weighted by molar-refractivity contribution is 7.47. The molecule has 19 heteroatoms. The Kier molecular flexibility index (Phi) is 71.6. The lowest BCUT2D eigenvalue weighted by Crippen LogP contribution is -2.30. The number of phosphoric acid groups is 2. The van der Waals surface area contributed by atoms with Gasteiger partial charge in [0.2, 0.25) is 0 Å². The van der Waals surface area contributed by atoms with Gasteiger partial charge in [0.15, 0.2) is 12.2 Å². The summed E-state index contributed by atoms with van der Waals surface area (Å²) in [6, 6.07) is 0. The monoisotopic (exact) mass is 1450 g/mol. The number of carbonyl (C=O) groups is 4. The number of unbranched alkanes of at least 4 members (excludes halogenated alkanes) is 52. The highest BCUT2D eigenvalue weighted by Crippen LogP contribution is 2.45. The fourth-order valence-electron chi connectivity index (χ4n) is 12.4. The molecule has 0 aliphatic rings. The number of phosphoric ester groups is 2. The van der Waals surface area contributed by atoms with Crippen LogP contribution in [0.25, 0.3) is 0 Å². The summed E-state index contributed by atoms with van der Waals surface area (Å²) in [6.45, 7) is 7.28. The molecule has 0 rings (SSSR count). The molecule has 0 bridgehead atoms. The number of aliphatic hydroxyl groups excluding tert-OH is 1. The first-order valence-corrected chi connectivity index (χ1v) is 44.6. The van der Waals surface area contributed by atoms with E-state index >= 15 is 0 Å². The van der Waals surface area contributed by atoms with E-state index in [0.29, 0.717) is 25.7 Å². The number of hydrogen-bond acceptors (Lipinski definition) is 15. The Morgan fingerprint density at radius 3 is 0.687 bits per heavy atom. The number of ether oxygens (including phenoxy) is 4. The van der Waals surface area contributed by atoms with Crippen LogP contribution < -0.4 is 0 Å². The van der Waals surface area contributed by atoms with Crippen molar-refractivity contribution in [2.45, 2.75) is 445 Å². The standard InChI is InChI=1S/C80H156O17P2/c1-6-9-12-15-18-21-23-25-27-29-31-33-35-37-39-44-49-54-59-64-78(83)91-70-76(96-79(84)65-60-55-50-45-40-38-36-34-32-30-28-26-24-22-19-16-13-10-7-2)72-95-99(88,89)93-68-74(81)67-92-98(86,87)94-71-75(69-90-77(82)63-58-53-48-42-20-17-14-11-8-3)97-80(85)66-61-56-51-46-41-43-47-52-57-62-73(4)5/h73-76,81H,6-72H2,1-5H3,(H,86,87)(H,88,89)/t74-,75+,76+/m0/s1. The van der Waals surface area contributed by atoms with Crippen LogP contribution in [0.15, 0.2) is 0 Å². The maximum atomic E-state index is 13.1. The molecule has 0 saturated heterocycles. The molecule has 0 aromatic rings. The molecule has 0 fully saturated rings. The van der Waals surface area contributed by atoms with Crippen LogP contribution in [-0.4, -0.2) is 96.7 Å². The van der Waals surface area contributed by atoms with Crippen LogP contribution >= 0.6 is 15.6 Å². The maximum Gasteiger partial charge on any atom is 0.472 e. The molecule has 99 heavy (non-hydrogen) atoms. The van der Waals surface area contributed by atoms with E-state index in [1.54, 1.807) is 0 Å². The molecule has 0 saturated carbocycles. The van der Waals surface area contributed by atoms with Gasteiger partial charge in [0.1, 0.15) is 19.3 Å². The number of aliphatic hydroxyl groups is 1. The summed E-state index contributed by atoms with van der Waals surface area (Å²) in [6.07, 6.45) is 64.0. The van der Waals surface area contributed by atoms with Gasteiger partial charge in [0.05, 0.1) is 26.4 Å². The first-order valence-electron chi connectivity index (χ1n) is 41.6. The zero-order valence-corrected chi connectivity index (χ0v) is 66.4. The number of carbonyl (C=O) groups excluding carboxylic acids is 4. The molecule has 3 N–H and O–H groups in total. The van der Waals surface area contributed by atoms with Gasteiger partial charge in [0, 0.05) is 25.7 Å². The topological polar surface area (TPSA) is 237 Å².